The zero-order chi connectivity index (χ0) is 18.4. The number of carbonyl (C=O) groups is 1. The summed E-state index contributed by atoms with van der Waals surface area (Å²) < 4.78 is 10.5. The number of aromatic nitrogens is 1. The highest BCUT2D eigenvalue weighted by Crippen LogP contribution is 2.25. The van der Waals surface area contributed by atoms with E-state index in [1.807, 2.05) is 42.5 Å². The number of thiazole rings is 1. The van der Waals surface area contributed by atoms with Crippen molar-refractivity contribution < 1.29 is 14.3 Å². The molecule has 7 heteroatoms. The van der Waals surface area contributed by atoms with Gasteiger partial charge in [0.1, 0.15) is 17.2 Å². The SMILES string of the molecule is COc1ccc(CNC(=O)c2csc(Nc3ccccc3)n2)c(OC)c1. The number of hydrogen-bond acceptors (Lipinski definition) is 6. The van der Waals surface area contributed by atoms with Crippen LogP contribution in [-0.2, 0) is 6.54 Å². The minimum atomic E-state index is -0.236. The fourth-order valence-corrected chi connectivity index (χ4v) is 3.06. The predicted molar refractivity (Wildman–Crippen MR) is 103 cm³/mol. The summed E-state index contributed by atoms with van der Waals surface area (Å²) in [6.45, 7) is 0.338. The van der Waals surface area contributed by atoms with Crippen LogP contribution in [0.3, 0.4) is 0 Å². The summed E-state index contributed by atoms with van der Waals surface area (Å²) in [4.78, 5) is 16.7. The number of ether oxygens (including phenoxy) is 2. The molecule has 2 N–H and O–H groups in total. The second-order valence-electron chi connectivity index (χ2n) is 5.39. The molecule has 0 bridgehead atoms. The average molecular weight is 369 g/mol. The minimum absolute atomic E-state index is 0.236. The molecule has 6 nitrogen and oxygen atoms in total. The van der Waals surface area contributed by atoms with E-state index in [1.54, 1.807) is 25.7 Å². The van der Waals surface area contributed by atoms with Crippen LogP contribution in [0.25, 0.3) is 0 Å². The Labute approximate surface area is 155 Å². The van der Waals surface area contributed by atoms with Gasteiger partial charge in [0.25, 0.3) is 5.91 Å². The Bertz CT molecular complexity index is 881. The van der Waals surface area contributed by atoms with Gasteiger partial charge in [0.05, 0.1) is 14.2 Å². The van der Waals surface area contributed by atoms with Crippen LogP contribution >= 0.6 is 11.3 Å². The molecular formula is C19H19N3O3S. The van der Waals surface area contributed by atoms with E-state index < -0.39 is 0 Å². The highest BCUT2D eigenvalue weighted by Gasteiger charge is 2.12. The van der Waals surface area contributed by atoms with Crippen LogP contribution in [-0.4, -0.2) is 25.1 Å². The van der Waals surface area contributed by atoms with Gasteiger partial charge in [0.2, 0.25) is 0 Å². The first-order valence-electron chi connectivity index (χ1n) is 7.96. The monoisotopic (exact) mass is 369 g/mol. The van der Waals surface area contributed by atoms with Gasteiger partial charge in [-0.3, -0.25) is 4.79 Å². The van der Waals surface area contributed by atoms with Crippen molar-refractivity contribution in [3.63, 3.8) is 0 Å². The van der Waals surface area contributed by atoms with E-state index in [1.165, 1.54) is 11.3 Å². The van der Waals surface area contributed by atoms with Gasteiger partial charge >= 0.3 is 0 Å². The summed E-state index contributed by atoms with van der Waals surface area (Å²) in [6, 6.07) is 15.2. The van der Waals surface area contributed by atoms with Gasteiger partial charge in [0.15, 0.2) is 5.13 Å². The van der Waals surface area contributed by atoms with Crippen LogP contribution in [0.15, 0.2) is 53.9 Å². The van der Waals surface area contributed by atoms with Crippen LogP contribution in [0, 0.1) is 0 Å². The summed E-state index contributed by atoms with van der Waals surface area (Å²) in [5.41, 5.74) is 2.16. The first kappa shape index (κ1) is 17.8. The van der Waals surface area contributed by atoms with Crippen LogP contribution in [0.2, 0.25) is 0 Å². The number of carbonyl (C=O) groups excluding carboxylic acids is 1. The van der Waals surface area contributed by atoms with E-state index in [9.17, 15) is 4.79 Å². The molecule has 0 radical (unpaired) electrons. The zero-order valence-corrected chi connectivity index (χ0v) is 15.3. The molecule has 0 aliphatic carbocycles. The topological polar surface area (TPSA) is 72.5 Å². The molecule has 3 aromatic rings. The molecule has 0 atom stereocenters. The number of para-hydroxylation sites is 1. The van der Waals surface area contributed by atoms with Crippen molar-refractivity contribution in [3.8, 4) is 11.5 Å². The van der Waals surface area contributed by atoms with Gasteiger partial charge in [-0.1, -0.05) is 18.2 Å². The quantitative estimate of drug-likeness (QED) is 0.662. The average Bonchev–Trinajstić information content (AvgIpc) is 3.15. The van der Waals surface area contributed by atoms with E-state index >= 15 is 0 Å². The highest BCUT2D eigenvalue weighted by molar-refractivity contribution is 7.14. The molecule has 3 rings (SSSR count). The Morgan fingerprint density at radius 3 is 2.65 bits per heavy atom. The van der Waals surface area contributed by atoms with Gasteiger partial charge in [-0.05, 0) is 24.3 Å². The smallest absolute Gasteiger partial charge is 0.271 e. The molecule has 0 spiro atoms. The summed E-state index contributed by atoms with van der Waals surface area (Å²) >= 11 is 1.38. The lowest BCUT2D eigenvalue weighted by Gasteiger charge is -2.10. The van der Waals surface area contributed by atoms with Crippen molar-refractivity contribution in [1.29, 1.82) is 0 Å². The van der Waals surface area contributed by atoms with Crippen LogP contribution < -0.4 is 20.1 Å². The van der Waals surface area contributed by atoms with E-state index in [0.29, 0.717) is 28.9 Å². The lowest BCUT2D eigenvalue weighted by molar-refractivity contribution is 0.0946. The second kappa shape index (κ2) is 8.35. The lowest BCUT2D eigenvalue weighted by Crippen LogP contribution is -2.23. The third kappa shape index (κ3) is 4.31. The number of methoxy groups -OCH3 is 2. The fourth-order valence-electron chi connectivity index (χ4n) is 2.34. The maximum Gasteiger partial charge on any atom is 0.271 e. The van der Waals surface area contributed by atoms with Gasteiger partial charge < -0.3 is 20.1 Å². The molecular weight excluding hydrogens is 350 g/mol. The number of hydrogen-bond donors (Lipinski definition) is 2. The van der Waals surface area contributed by atoms with Gasteiger partial charge in [0, 0.05) is 29.2 Å². The molecule has 0 unspecified atom stereocenters. The predicted octanol–water partition coefficient (Wildman–Crippen LogP) is 3.83. The Kier molecular flexibility index (Phi) is 5.70. The van der Waals surface area contributed by atoms with Crippen molar-refractivity contribution >= 4 is 28.1 Å². The molecule has 2 aromatic carbocycles. The van der Waals surface area contributed by atoms with E-state index in [-0.39, 0.29) is 5.91 Å². The van der Waals surface area contributed by atoms with E-state index in [0.717, 1.165) is 11.3 Å². The van der Waals surface area contributed by atoms with Gasteiger partial charge in [-0.15, -0.1) is 11.3 Å². The molecule has 1 amide bonds. The fraction of sp³-hybridized carbons (Fsp3) is 0.158. The number of amides is 1. The number of benzene rings is 2. The summed E-state index contributed by atoms with van der Waals surface area (Å²) in [6.07, 6.45) is 0. The zero-order valence-electron chi connectivity index (χ0n) is 14.5. The van der Waals surface area contributed by atoms with Crippen LogP contribution in [0.1, 0.15) is 16.1 Å². The van der Waals surface area contributed by atoms with Crippen molar-refractivity contribution in [1.82, 2.24) is 10.3 Å². The number of nitrogens with one attached hydrogen (secondary N) is 2. The number of nitrogens with zero attached hydrogens (tertiary/aromatic N) is 1. The van der Waals surface area contributed by atoms with E-state index in [2.05, 4.69) is 15.6 Å². The third-order valence-corrected chi connectivity index (χ3v) is 4.45. The largest absolute Gasteiger partial charge is 0.497 e. The summed E-state index contributed by atoms with van der Waals surface area (Å²) in [5.74, 6) is 1.13. The Hall–Kier alpha value is -3.06. The summed E-state index contributed by atoms with van der Waals surface area (Å²) in [7, 11) is 3.18. The highest BCUT2D eigenvalue weighted by atomic mass is 32.1. The standard InChI is InChI=1S/C19H19N3O3S/c1-24-15-9-8-13(17(10-15)25-2)11-20-18(23)16-12-26-19(22-16)21-14-6-4-3-5-7-14/h3-10,12H,11H2,1-2H3,(H,20,23)(H,21,22). The minimum Gasteiger partial charge on any atom is -0.497 e. The second-order valence-corrected chi connectivity index (χ2v) is 6.25. The lowest BCUT2D eigenvalue weighted by atomic mass is 10.2. The molecule has 0 aliphatic heterocycles. The number of rotatable bonds is 7. The first-order chi connectivity index (χ1) is 12.7. The maximum absolute atomic E-state index is 12.3. The molecule has 26 heavy (non-hydrogen) atoms. The maximum atomic E-state index is 12.3. The van der Waals surface area contributed by atoms with Crippen molar-refractivity contribution in [2.45, 2.75) is 6.54 Å². The van der Waals surface area contributed by atoms with Crippen molar-refractivity contribution in [2.75, 3.05) is 19.5 Å². The molecule has 0 saturated carbocycles. The molecule has 0 aliphatic rings. The van der Waals surface area contributed by atoms with Crippen molar-refractivity contribution in [2.24, 2.45) is 0 Å². The van der Waals surface area contributed by atoms with Crippen molar-refractivity contribution in [3.05, 3.63) is 65.2 Å². The Morgan fingerprint density at radius 2 is 1.92 bits per heavy atom. The number of anilines is 2. The molecule has 1 aromatic heterocycles. The molecule has 134 valence electrons. The van der Waals surface area contributed by atoms with Crippen LogP contribution in [0.5, 0.6) is 11.5 Å². The first-order valence-corrected chi connectivity index (χ1v) is 8.84. The van der Waals surface area contributed by atoms with E-state index in [4.69, 9.17) is 9.47 Å². The van der Waals surface area contributed by atoms with Gasteiger partial charge in [-0.2, -0.15) is 0 Å². The van der Waals surface area contributed by atoms with Gasteiger partial charge in [-0.25, -0.2) is 4.98 Å². The molecule has 0 fully saturated rings. The molecule has 1 heterocycles. The molecule has 0 saturated heterocycles. The summed E-state index contributed by atoms with van der Waals surface area (Å²) in [5, 5.41) is 8.44. The normalized spacial score (nSPS) is 10.2. The third-order valence-electron chi connectivity index (χ3n) is 3.70. The Morgan fingerprint density at radius 1 is 1.12 bits per heavy atom. The van der Waals surface area contributed by atoms with Crippen LogP contribution in [0.4, 0.5) is 10.8 Å². The Balaban J connectivity index is 1.62.